The highest BCUT2D eigenvalue weighted by molar-refractivity contribution is 5.77. The number of amides is 1. The highest BCUT2D eigenvalue weighted by Crippen LogP contribution is 2.30. The summed E-state index contributed by atoms with van der Waals surface area (Å²) in [6, 6.07) is 4.49. The zero-order valence-electron chi connectivity index (χ0n) is 18.3. The van der Waals surface area contributed by atoms with Crippen LogP contribution in [0, 0.1) is 6.92 Å². The molecule has 1 atom stereocenters. The number of aryl methyl sites for hydroxylation is 1. The topological polar surface area (TPSA) is 75.4 Å². The van der Waals surface area contributed by atoms with Gasteiger partial charge in [-0.3, -0.25) is 14.2 Å². The largest absolute Gasteiger partial charge is 0.416 e. The van der Waals surface area contributed by atoms with Gasteiger partial charge in [0.1, 0.15) is 12.4 Å². The first kappa shape index (κ1) is 24.0. The minimum absolute atomic E-state index is 0.0838. The Hall–Kier alpha value is -2.68. The first-order valence-corrected chi connectivity index (χ1v) is 10.9. The number of carbonyl (C=O) groups is 1. The number of rotatable bonds is 6. The minimum atomic E-state index is -4.48. The molecule has 0 spiro atoms. The molecule has 0 saturated carbocycles. The van der Waals surface area contributed by atoms with Crippen LogP contribution in [0.5, 0.6) is 0 Å². The molecule has 174 valence electrons. The third-order valence-corrected chi connectivity index (χ3v) is 6.01. The summed E-state index contributed by atoms with van der Waals surface area (Å²) in [6.45, 7) is 3.74. The summed E-state index contributed by atoms with van der Waals surface area (Å²) in [5, 5.41) is 9.35. The predicted molar refractivity (Wildman–Crippen MR) is 114 cm³/mol. The third-order valence-electron chi connectivity index (χ3n) is 6.01. The van der Waals surface area contributed by atoms with E-state index in [2.05, 4.69) is 4.98 Å². The molecule has 2 heterocycles. The number of aromatic nitrogens is 2. The van der Waals surface area contributed by atoms with Gasteiger partial charge in [0.15, 0.2) is 0 Å². The van der Waals surface area contributed by atoms with Crippen molar-refractivity contribution in [1.82, 2.24) is 14.5 Å². The SMILES string of the molecule is CCC1CCCCN1C(=O)Cn1c(-c2ccc(C(F)(F)F)cc2)nc(C)c(CCO)c1=O. The molecule has 1 N–H and O–H groups in total. The Morgan fingerprint density at radius 2 is 1.91 bits per heavy atom. The monoisotopic (exact) mass is 451 g/mol. The number of hydrogen-bond donors (Lipinski definition) is 1. The Bertz CT molecular complexity index is 1020. The molecule has 6 nitrogen and oxygen atoms in total. The molecule has 1 aliphatic rings. The molecule has 1 unspecified atom stereocenters. The number of aliphatic hydroxyl groups is 1. The number of nitrogens with zero attached hydrogens (tertiary/aromatic N) is 3. The molecule has 0 aliphatic carbocycles. The van der Waals surface area contributed by atoms with E-state index in [9.17, 15) is 27.9 Å². The van der Waals surface area contributed by atoms with E-state index in [1.54, 1.807) is 11.8 Å². The first-order valence-electron chi connectivity index (χ1n) is 10.9. The Balaban J connectivity index is 2.05. The van der Waals surface area contributed by atoms with E-state index in [0.717, 1.165) is 37.8 Å². The highest BCUT2D eigenvalue weighted by Gasteiger charge is 2.31. The smallest absolute Gasteiger partial charge is 0.396 e. The number of hydrogen-bond acceptors (Lipinski definition) is 4. The summed E-state index contributed by atoms with van der Waals surface area (Å²) in [5.41, 5.74) is -0.278. The van der Waals surface area contributed by atoms with Gasteiger partial charge in [0.2, 0.25) is 5.91 Å². The fourth-order valence-corrected chi connectivity index (χ4v) is 4.25. The molecule has 1 aliphatic heterocycles. The zero-order valence-corrected chi connectivity index (χ0v) is 18.3. The maximum absolute atomic E-state index is 13.2. The first-order chi connectivity index (χ1) is 15.2. The molecule has 1 saturated heterocycles. The van der Waals surface area contributed by atoms with Gasteiger partial charge in [-0.05, 0) is 44.7 Å². The average Bonchev–Trinajstić information content (AvgIpc) is 2.77. The third kappa shape index (κ3) is 5.03. The quantitative estimate of drug-likeness (QED) is 0.729. The Kier molecular flexibility index (Phi) is 7.38. The summed E-state index contributed by atoms with van der Waals surface area (Å²) in [7, 11) is 0. The van der Waals surface area contributed by atoms with Crippen molar-refractivity contribution in [3.05, 3.63) is 51.4 Å². The van der Waals surface area contributed by atoms with E-state index < -0.39 is 17.3 Å². The van der Waals surface area contributed by atoms with E-state index in [1.165, 1.54) is 16.7 Å². The lowest BCUT2D eigenvalue weighted by molar-refractivity contribution is -0.137. The summed E-state index contributed by atoms with van der Waals surface area (Å²) < 4.78 is 40.1. The van der Waals surface area contributed by atoms with Gasteiger partial charge in [-0.2, -0.15) is 13.2 Å². The number of alkyl halides is 3. The Morgan fingerprint density at radius 1 is 1.22 bits per heavy atom. The van der Waals surface area contributed by atoms with Crippen LogP contribution in [0.2, 0.25) is 0 Å². The molecule has 32 heavy (non-hydrogen) atoms. The van der Waals surface area contributed by atoms with Crippen molar-refractivity contribution in [3.8, 4) is 11.4 Å². The summed E-state index contributed by atoms with van der Waals surface area (Å²) in [5.74, 6) is -0.0752. The van der Waals surface area contributed by atoms with E-state index in [0.29, 0.717) is 23.4 Å². The fraction of sp³-hybridized carbons (Fsp3) is 0.522. The molecule has 1 fully saturated rings. The molecule has 2 aromatic rings. The van der Waals surface area contributed by atoms with Crippen molar-refractivity contribution in [2.24, 2.45) is 0 Å². The lowest BCUT2D eigenvalue weighted by Crippen LogP contribution is -2.46. The van der Waals surface area contributed by atoms with Gasteiger partial charge in [-0.1, -0.05) is 19.1 Å². The lowest BCUT2D eigenvalue weighted by Gasteiger charge is -2.35. The van der Waals surface area contributed by atoms with Crippen LogP contribution in [0.3, 0.4) is 0 Å². The molecule has 0 radical (unpaired) electrons. The molecule has 1 amide bonds. The van der Waals surface area contributed by atoms with Crippen molar-refractivity contribution in [1.29, 1.82) is 0 Å². The van der Waals surface area contributed by atoms with Crippen LogP contribution in [-0.4, -0.2) is 44.7 Å². The standard InChI is InChI=1S/C23H28F3N3O3/c1-3-18-6-4-5-12-28(18)20(31)14-29-21(27-15(2)19(11-13-30)22(29)32)16-7-9-17(10-8-16)23(24,25)26/h7-10,18,30H,3-6,11-14H2,1-2H3. The second-order valence-corrected chi connectivity index (χ2v) is 8.08. The fourth-order valence-electron chi connectivity index (χ4n) is 4.25. The van der Waals surface area contributed by atoms with Crippen molar-refractivity contribution >= 4 is 5.91 Å². The molecule has 0 bridgehead atoms. The van der Waals surface area contributed by atoms with Gasteiger partial charge in [-0.25, -0.2) is 4.98 Å². The number of halogens is 3. The van der Waals surface area contributed by atoms with Gasteiger partial charge < -0.3 is 10.0 Å². The van der Waals surface area contributed by atoms with Crippen LogP contribution in [-0.2, 0) is 23.9 Å². The van der Waals surface area contributed by atoms with Gasteiger partial charge in [0.05, 0.1) is 5.56 Å². The minimum Gasteiger partial charge on any atom is -0.396 e. The highest BCUT2D eigenvalue weighted by atomic mass is 19.4. The molecular weight excluding hydrogens is 423 g/mol. The van der Waals surface area contributed by atoms with E-state index in [1.807, 2.05) is 6.92 Å². The second kappa shape index (κ2) is 9.85. The van der Waals surface area contributed by atoms with Crippen molar-refractivity contribution in [3.63, 3.8) is 0 Å². The number of aliphatic hydroxyl groups excluding tert-OH is 1. The Morgan fingerprint density at radius 3 is 2.50 bits per heavy atom. The molecule has 9 heteroatoms. The van der Waals surface area contributed by atoms with Crippen molar-refractivity contribution in [2.45, 2.75) is 64.7 Å². The van der Waals surface area contributed by atoms with Gasteiger partial charge in [0.25, 0.3) is 5.56 Å². The molecule has 1 aromatic carbocycles. The molecule has 1 aromatic heterocycles. The number of carbonyl (C=O) groups excluding carboxylic acids is 1. The average molecular weight is 451 g/mol. The Labute approximate surface area is 184 Å². The summed E-state index contributed by atoms with van der Waals surface area (Å²) >= 11 is 0. The van der Waals surface area contributed by atoms with Gasteiger partial charge in [-0.15, -0.1) is 0 Å². The predicted octanol–water partition coefficient (Wildman–Crippen LogP) is 3.56. The van der Waals surface area contributed by atoms with Crippen molar-refractivity contribution in [2.75, 3.05) is 13.2 Å². The van der Waals surface area contributed by atoms with Crippen LogP contribution >= 0.6 is 0 Å². The second-order valence-electron chi connectivity index (χ2n) is 8.08. The summed E-state index contributed by atoms with van der Waals surface area (Å²) in [6.07, 6.45) is -0.734. The zero-order chi connectivity index (χ0) is 23.5. The van der Waals surface area contributed by atoms with Crippen LogP contribution in [0.1, 0.15) is 49.4 Å². The maximum atomic E-state index is 13.2. The van der Waals surface area contributed by atoms with Crippen LogP contribution in [0.25, 0.3) is 11.4 Å². The van der Waals surface area contributed by atoms with E-state index >= 15 is 0 Å². The van der Waals surface area contributed by atoms with Gasteiger partial charge in [0, 0.05) is 42.4 Å². The maximum Gasteiger partial charge on any atom is 0.416 e. The molecule has 3 rings (SSSR count). The van der Waals surface area contributed by atoms with Crippen LogP contribution < -0.4 is 5.56 Å². The van der Waals surface area contributed by atoms with Crippen LogP contribution in [0.15, 0.2) is 29.1 Å². The van der Waals surface area contributed by atoms with Crippen LogP contribution in [0.4, 0.5) is 13.2 Å². The number of piperidine rings is 1. The summed E-state index contributed by atoms with van der Waals surface area (Å²) in [4.78, 5) is 32.6. The van der Waals surface area contributed by atoms with E-state index in [4.69, 9.17) is 0 Å². The van der Waals surface area contributed by atoms with Gasteiger partial charge >= 0.3 is 6.18 Å². The normalized spacial score (nSPS) is 16.9. The number of benzene rings is 1. The van der Waals surface area contributed by atoms with E-state index in [-0.39, 0.29) is 37.3 Å². The number of likely N-dealkylation sites (tertiary alicyclic amines) is 1. The lowest BCUT2D eigenvalue weighted by atomic mass is 10.00. The molecular formula is C23H28F3N3O3. The van der Waals surface area contributed by atoms with Crippen molar-refractivity contribution < 1.29 is 23.1 Å².